The summed E-state index contributed by atoms with van der Waals surface area (Å²) in [7, 11) is 0. The summed E-state index contributed by atoms with van der Waals surface area (Å²) in [4.78, 5) is 68.6. The molecule has 4 aliphatic heterocycles. The minimum Gasteiger partial charge on any atom is -0.480 e. The Morgan fingerprint density at radius 2 is 1.56 bits per heavy atom. The van der Waals surface area contributed by atoms with E-state index in [0.29, 0.717) is 57.4 Å². The molecule has 3 saturated heterocycles. The number of piperidine rings is 3. The largest absolute Gasteiger partial charge is 0.480 e. The van der Waals surface area contributed by atoms with Gasteiger partial charge in [0.05, 0.1) is 17.6 Å². The molecule has 1 aromatic heterocycles. The number of benzene rings is 2. The molecule has 0 unspecified atom stereocenters. The monoisotopic (exact) mass is 711 g/mol. The predicted molar refractivity (Wildman–Crippen MR) is 195 cm³/mol. The van der Waals surface area contributed by atoms with Crippen LogP contribution in [0, 0.1) is 18.8 Å². The molecule has 3 aromatic rings. The van der Waals surface area contributed by atoms with E-state index in [0.717, 1.165) is 78.6 Å². The number of likely N-dealkylation sites (tertiary alicyclic amines) is 3. The SMILES string of the molecule is Cc1cc(C[C@@H](OC(=O)N2CCC(N3CCc4ccccc4NC3=O)CC2)C(=O)N2CCC(C3CCN(CC(=O)O)CC3)CC2)cc2nccnc12. The number of aromatic nitrogens is 2. The number of hydrogen-bond donors (Lipinski definition) is 2. The second kappa shape index (κ2) is 15.9. The summed E-state index contributed by atoms with van der Waals surface area (Å²) in [5, 5.41) is 12.2. The molecule has 2 N–H and O–H groups in total. The number of anilines is 1. The first-order valence-corrected chi connectivity index (χ1v) is 18.8. The Bertz CT molecular complexity index is 1780. The maximum Gasteiger partial charge on any atom is 0.410 e. The van der Waals surface area contributed by atoms with Crippen LogP contribution in [0.15, 0.2) is 48.8 Å². The Morgan fingerprint density at radius 3 is 2.29 bits per heavy atom. The van der Waals surface area contributed by atoms with Crippen LogP contribution in [0.3, 0.4) is 0 Å². The van der Waals surface area contributed by atoms with E-state index in [1.807, 2.05) is 58.0 Å². The number of aliphatic carboxylic acids is 1. The molecule has 0 radical (unpaired) electrons. The van der Waals surface area contributed by atoms with Gasteiger partial charge in [-0.3, -0.25) is 24.5 Å². The first-order chi connectivity index (χ1) is 25.2. The molecule has 13 nitrogen and oxygen atoms in total. The van der Waals surface area contributed by atoms with E-state index in [-0.39, 0.29) is 30.9 Å². The van der Waals surface area contributed by atoms with E-state index in [9.17, 15) is 19.2 Å². The number of urea groups is 1. The lowest BCUT2D eigenvalue weighted by atomic mass is 9.78. The summed E-state index contributed by atoms with van der Waals surface area (Å²) >= 11 is 0. The van der Waals surface area contributed by atoms with Crippen LogP contribution in [0.25, 0.3) is 11.0 Å². The first kappa shape index (κ1) is 35.6. The standard InChI is InChI=1S/C39H49N7O6/c1-26-22-27(23-33-36(26)41-14-13-40-33)24-34(37(49)44-17-8-29(9-18-44)28-6-15-43(16-7-28)25-35(47)48)52-39(51)45-19-11-31(12-20-45)46-21-10-30-4-2-3-5-32(30)42-38(46)50/h2-5,13-14,22-23,28-29,31,34H,6-12,15-21,24-25H2,1H3,(H,42,50)(H,47,48)/t34-/m1/s1. The van der Waals surface area contributed by atoms with Crippen molar-refractivity contribution >= 4 is 40.7 Å². The normalized spacial score (nSPS) is 20.2. The third-order valence-electron chi connectivity index (χ3n) is 11.6. The van der Waals surface area contributed by atoms with Crippen LogP contribution in [-0.2, 0) is 27.2 Å². The number of rotatable bonds is 8. The maximum atomic E-state index is 14.2. The molecule has 13 heteroatoms. The quantitative estimate of drug-likeness (QED) is 0.343. The molecule has 0 spiro atoms. The summed E-state index contributed by atoms with van der Waals surface area (Å²) in [5.74, 6) is 0.0395. The summed E-state index contributed by atoms with van der Waals surface area (Å²) < 4.78 is 6.13. The van der Waals surface area contributed by atoms with Gasteiger partial charge in [0.15, 0.2) is 6.10 Å². The second-order valence-electron chi connectivity index (χ2n) is 14.8. The molecule has 0 aliphatic carbocycles. The lowest BCUT2D eigenvalue weighted by Gasteiger charge is -2.41. The van der Waals surface area contributed by atoms with Gasteiger partial charge in [-0.25, -0.2) is 9.59 Å². The van der Waals surface area contributed by atoms with E-state index in [1.165, 1.54) is 0 Å². The van der Waals surface area contributed by atoms with Gasteiger partial charge in [-0.15, -0.1) is 0 Å². The summed E-state index contributed by atoms with van der Waals surface area (Å²) in [5.41, 5.74) is 5.29. The van der Waals surface area contributed by atoms with Crippen molar-refractivity contribution in [2.45, 2.75) is 70.4 Å². The molecule has 4 aliphatic rings. The van der Waals surface area contributed by atoms with Crippen LogP contribution in [-0.4, -0.2) is 123 Å². The Morgan fingerprint density at radius 1 is 0.885 bits per heavy atom. The number of carbonyl (C=O) groups excluding carboxylic acids is 3. The van der Waals surface area contributed by atoms with Crippen molar-refractivity contribution in [2.75, 3.05) is 57.7 Å². The molecule has 0 bridgehead atoms. The Hall–Kier alpha value is -4.78. The zero-order valence-corrected chi connectivity index (χ0v) is 29.9. The Labute approximate surface area is 304 Å². The van der Waals surface area contributed by atoms with Crippen molar-refractivity contribution in [3.8, 4) is 0 Å². The highest BCUT2D eigenvalue weighted by molar-refractivity contribution is 5.91. The number of ether oxygens (including phenoxy) is 1. The van der Waals surface area contributed by atoms with Gasteiger partial charge in [0.2, 0.25) is 0 Å². The fourth-order valence-electron chi connectivity index (χ4n) is 8.70. The molecule has 1 atom stereocenters. The molecular formula is C39H49N7O6. The second-order valence-corrected chi connectivity index (χ2v) is 14.8. The van der Waals surface area contributed by atoms with Crippen LogP contribution in [0.4, 0.5) is 15.3 Å². The van der Waals surface area contributed by atoms with Crippen LogP contribution < -0.4 is 5.32 Å². The number of aryl methyl sites for hydroxylation is 1. The van der Waals surface area contributed by atoms with E-state index in [2.05, 4.69) is 15.3 Å². The van der Waals surface area contributed by atoms with Gasteiger partial charge in [-0.2, -0.15) is 0 Å². The molecule has 3 fully saturated rings. The van der Waals surface area contributed by atoms with Gasteiger partial charge in [0.25, 0.3) is 5.91 Å². The smallest absolute Gasteiger partial charge is 0.410 e. The number of carboxylic acids is 1. The third-order valence-corrected chi connectivity index (χ3v) is 11.6. The highest BCUT2D eigenvalue weighted by Gasteiger charge is 2.37. The number of hydrogen-bond acceptors (Lipinski definition) is 8. The number of nitrogens with zero attached hydrogens (tertiary/aromatic N) is 6. The van der Waals surface area contributed by atoms with Crippen molar-refractivity contribution < 1.29 is 29.0 Å². The lowest BCUT2D eigenvalue weighted by molar-refractivity contribution is -0.142. The number of fused-ring (bicyclic) bond motifs is 2. The summed E-state index contributed by atoms with van der Waals surface area (Å²) in [6, 6.07) is 11.7. The topological polar surface area (TPSA) is 149 Å². The summed E-state index contributed by atoms with van der Waals surface area (Å²) in [6.07, 6.45) is 7.76. The van der Waals surface area contributed by atoms with Crippen LogP contribution in [0.2, 0.25) is 0 Å². The van der Waals surface area contributed by atoms with Crippen LogP contribution in [0.1, 0.15) is 55.2 Å². The molecule has 0 saturated carbocycles. The average molecular weight is 712 g/mol. The van der Waals surface area contributed by atoms with E-state index in [1.54, 1.807) is 17.3 Å². The van der Waals surface area contributed by atoms with Crippen molar-refractivity contribution in [3.05, 3.63) is 65.5 Å². The summed E-state index contributed by atoms with van der Waals surface area (Å²) in [6.45, 7) is 6.32. The number of carboxylic acid groups (broad SMARTS) is 1. The van der Waals surface area contributed by atoms with Gasteiger partial charge in [0, 0.05) is 63.3 Å². The predicted octanol–water partition coefficient (Wildman–Crippen LogP) is 4.58. The van der Waals surface area contributed by atoms with Crippen molar-refractivity contribution in [3.63, 3.8) is 0 Å². The van der Waals surface area contributed by atoms with E-state index >= 15 is 0 Å². The molecule has 7 rings (SSSR count). The van der Waals surface area contributed by atoms with Gasteiger partial charge in [-0.1, -0.05) is 24.3 Å². The van der Waals surface area contributed by atoms with Gasteiger partial charge >= 0.3 is 18.1 Å². The van der Waals surface area contributed by atoms with Crippen molar-refractivity contribution in [2.24, 2.45) is 11.8 Å². The third kappa shape index (κ3) is 8.14. The first-order valence-electron chi connectivity index (χ1n) is 18.8. The van der Waals surface area contributed by atoms with Crippen LogP contribution in [0.5, 0.6) is 0 Å². The lowest BCUT2D eigenvalue weighted by Crippen LogP contribution is -2.52. The fourth-order valence-corrected chi connectivity index (χ4v) is 8.70. The average Bonchev–Trinajstić information content (AvgIpc) is 3.32. The molecule has 5 heterocycles. The Balaban J connectivity index is 0.988. The number of carbonyl (C=O) groups is 4. The maximum absolute atomic E-state index is 14.2. The van der Waals surface area contributed by atoms with E-state index in [4.69, 9.17) is 9.84 Å². The van der Waals surface area contributed by atoms with Crippen molar-refractivity contribution in [1.29, 1.82) is 0 Å². The molecular weight excluding hydrogens is 662 g/mol. The highest BCUT2D eigenvalue weighted by atomic mass is 16.6. The molecule has 2 aromatic carbocycles. The van der Waals surface area contributed by atoms with Gasteiger partial charge in [0.1, 0.15) is 0 Å². The van der Waals surface area contributed by atoms with Gasteiger partial charge < -0.3 is 29.9 Å². The van der Waals surface area contributed by atoms with Gasteiger partial charge in [-0.05, 0) is 106 Å². The highest BCUT2D eigenvalue weighted by Crippen LogP contribution is 2.33. The minimum absolute atomic E-state index is 0.00294. The Kier molecular flexibility index (Phi) is 10.9. The fraction of sp³-hybridized carbons (Fsp3) is 0.538. The molecule has 52 heavy (non-hydrogen) atoms. The van der Waals surface area contributed by atoms with E-state index < -0.39 is 18.2 Å². The minimum atomic E-state index is -0.996. The zero-order valence-electron chi connectivity index (χ0n) is 29.9. The zero-order chi connectivity index (χ0) is 36.2. The number of para-hydroxylation sites is 1. The number of nitrogens with one attached hydrogen (secondary N) is 1. The number of amides is 4. The van der Waals surface area contributed by atoms with Crippen molar-refractivity contribution in [1.82, 2.24) is 29.6 Å². The van der Waals surface area contributed by atoms with Crippen LogP contribution >= 0.6 is 0 Å². The molecule has 4 amide bonds. The molecule has 276 valence electrons.